The highest BCUT2D eigenvalue weighted by Crippen LogP contribution is 2.45. The van der Waals surface area contributed by atoms with E-state index >= 15 is 0 Å². The summed E-state index contributed by atoms with van der Waals surface area (Å²) in [7, 11) is 0. The van der Waals surface area contributed by atoms with E-state index < -0.39 is 42.1 Å². The first-order valence-corrected chi connectivity index (χ1v) is 15.1. The third kappa shape index (κ3) is 7.19. The van der Waals surface area contributed by atoms with Crippen molar-refractivity contribution in [2.75, 3.05) is 18.5 Å². The molecule has 226 valence electrons. The predicted octanol–water partition coefficient (Wildman–Crippen LogP) is 3.97. The number of anilines is 2. The number of fused-ring (bicyclic) bond motifs is 2. The molecule has 5 rings (SSSR count). The van der Waals surface area contributed by atoms with Gasteiger partial charge in [-0.3, -0.25) is 19.3 Å². The number of ether oxygens (including phenoxy) is 2. The van der Waals surface area contributed by atoms with E-state index in [4.69, 9.17) is 15.2 Å². The van der Waals surface area contributed by atoms with Crippen LogP contribution in [0, 0.1) is 5.92 Å². The van der Waals surface area contributed by atoms with Gasteiger partial charge in [-0.25, -0.2) is 0 Å². The quantitative estimate of drug-likeness (QED) is 0.211. The second-order valence-corrected chi connectivity index (χ2v) is 12.1. The number of amides is 3. The summed E-state index contributed by atoms with van der Waals surface area (Å²) >= 11 is 1.64. The fraction of sp³-hybridized carbons (Fsp3) is 0.344. The maximum atomic E-state index is 14.1. The average Bonchev–Trinajstić information content (AvgIpc) is 3.42. The Hall–Kier alpha value is -3.90. The first-order valence-electron chi connectivity index (χ1n) is 14.3. The van der Waals surface area contributed by atoms with Crippen LogP contribution in [0.1, 0.15) is 38.3 Å². The van der Waals surface area contributed by atoms with Crippen LogP contribution in [0.5, 0.6) is 5.75 Å². The van der Waals surface area contributed by atoms with E-state index in [0.717, 1.165) is 26.1 Å². The summed E-state index contributed by atoms with van der Waals surface area (Å²) in [6, 6.07) is 19.0. The highest BCUT2D eigenvalue weighted by atomic mass is 32.2. The van der Waals surface area contributed by atoms with Crippen molar-refractivity contribution in [3.8, 4) is 5.75 Å². The Balaban J connectivity index is 1.32. The van der Waals surface area contributed by atoms with E-state index in [9.17, 15) is 19.5 Å². The van der Waals surface area contributed by atoms with E-state index in [1.165, 1.54) is 0 Å². The number of imide groups is 1. The third-order valence-corrected chi connectivity index (χ3v) is 8.41. The second-order valence-electron chi connectivity index (χ2n) is 11.0. The summed E-state index contributed by atoms with van der Waals surface area (Å²) in [5, 5.41) is 16.6. The summed E-state index contributed by atoms with van der Waals surface area (Å²) in [4.78, 5) is 44.0. The molecule has 0 aliphatic carbocycles. The molecule has 2 heterocycles. The standard InChI is InChI=1S/C32H36N4O6S/c1-19(2)16-22(33)30(38)36(25-14-15-41-32(25)40)31(39)29(20-8-4-3-5-9-20)35-28(37)18-42-21-12-13-27-24(17-21)34-23-10-6-7-11-26(23)43-27/h3-13,17,19,22,25,29,32,34,40H,14-16,18,33H2,1-2H3,(H,35,37)/t22-,25-,29-,32?/m0/s1. The van der Waals surface area contributed by atoms with Crippen molar-refractivity contribution in [3.63, 3.8) is 0 Å². The molecular weight excluding hydrogens is 568 g/mol. The van der Waals surface area contributed by atoms with Crippen LogP contribution >= 0.6 is 11.8 Å². The van der Waals surface area contributed by atoms with Gasteiger partial charge in [-0.1, -0.05) is 68.1 Å². The first kappa shape index (κ1) is 30.6. The van der Waals surface area contributed by atoms with Crippen molar-refractivity contribution in [2.24, 2.45) is 11.7 Å². The van der Waals surface area contributed by atoms with Crippen LogP contribution in [-0.2, 0) is 19.1 Å². The second kappa shape index (κ2) is 13.6. The molecule has 0 radical (unpaired) electrons. The lowest BCUT2D eigenvalue weighted by molar-refractivity contribution is -0.160. The Labute approximate surface area is 254 Å². The molecule has 0 spiro atoms. The number of nitrogens with two attached hydrogens (primary N) is 1. The van der Waals surface area contributed by atoms with Crippen molar-refractivity contribution in [3.05, 3.63) is 78.4 Å². The summed E-state index contributed by atoms with van der Waals surface area (Å²) < 4.78 is 11.1. The fourth-order valence-electron chi connectivity index (χ4n) is 5.17. The van der Waals surface area contributed by atoms with Crippen molar-refractivity contribution < 1.29 is 29.0 Å². The van der Waals surface area contributed by atoms with E-state index in [-0.39, 0.29) is 25.6 Å². The molecule has 5 N–H and O–H groups in total. The van der Waals surface area contributed by atoms with E-state index in [0.29, 0.717) is 17.7 Å². The van der Waals surface area contributed by atoms with Gasteiger partial charge in [0.2, 0.25) is 5.91 Å². The minimum Gasteiger partial charge on any atom is -0.484 e. The van der Waals surface area contributed by atoms with Gasteiger partial charge in [-0.15, -0.1) is 0 Å². The number of aliphatic hydroxyl groups excluding tert-OH is 1. The zero-order chi connectivity index (χ0) is 30.5. The van der Waals surface area contributed by atoms with Gasteiger partial charge in [-0.05, 0) is 48.6 Å². The van der Waals surface area contributed by atoms with Crippen LogP contribution < -0.4 is 21.1 Å². The average molecular weight is 605 g/mol. The summed E-state index contributed by atoms with van der Waals surface area (Å²) in [6.07, 6.45) is -0.750. The van der Waals surface area contributed by atoms with E-state index in [2.05, 4.69) is 10.6 Å². The molecule has 43 heavy (non-hydrogen) atoms. The zero-order valence-electron chi connectivity index (χ0n) is 24.1. The predicted molar refractivity (Wildman–Crippen MR) is 163 cm³/mol. The van der Waals surface area contributed by atoms with Crippen LogP contribution in [0.25, 0.3) is 0 Å². The number of nitrogens with one attached hydrogen (secondary N) is 2. The number of rotatable bonds is 10. The van der Waals surface area contributed by atoms with Gasteiger partial charge in [0.15, 0.2) is 12.9 Å². The van der Waals surface area contributed by atoms with Crippen LogP contribution in [0.3, 0.4) is 0 Å². The van der Waals surface area contributed by atoms with Gasteiger partial charge < -0.3 is 30.9 Å². The lowest BCUT2D eigenvalue weighted by atomic mass is 9.99. The number of benzene rings is 3. The Morgan fingerprint density at radius 3 is 2.49 bits per heavy atom. The minimum atomic E-state index is -1.35. The van der Waals surface area contributed by atoms with E-state index in [1.54, 1.807) is 48.2 Å². The normalized spacial score (nSPS) is 18.5. The number of hydrogen-bond donors (Lipinski definition) is 4. The topological polar surface area (TPSA) is 143 Å². The molecule has 0 saturated carbocycles. The largest absolute Gasteiger partial charge is 0.484 e. The van der Waals surface area contributed by atoms with Crippen molar-refractivity contribution >= 4 is 40.9 Å². The van der Waals surface area contributed by atoms with Gasteiger partial charge >= 0.3 is 0 Å². The molecule has 11 heteroatoms. The zero-order valence-corrected chi connectivity index (χ0v) is 24.9. The lowest BCUT2D eigenvalue weighted by Crippen LogP contribution is -2.57. The summed E-state index contributed by atoms with van der Waals surface area (Å²) in [5.41, 5.74) is 8.54. The summed E-state index contributed by atoms with van der Waals surface area (Å²) in [5.74, 6) is -1.30. The monoisotopic (exact) mass is 604 g/mol. The molecule has 3 amide bonds. The number of nitrogens with zero attached hydrogens (tertiary/aromatic N) is 1. The van der Waals surface area contributed by atoms with Gasteiger partial charge in [0.1, 0.15) is 11.8 Å². The molecular formula is C32H36N4O6S. The lowest BCUT2D eigenvalue weighted by Gasteiger charge is -2.33. The van der Waals surface area contributed by atoms with Gasteiger partial charge in [-0.2, -0.15) is 0 Å². The van der Waals surface area contributed by atoms with Crippen LogP contribution in [0.2, 0.25) is 0 Å². The molecule has 1 saturated heterocycles. The third-order valence-electron chi connectivity index (χ3n) is 7.26. The highest BCUT2D eigenvalue weighted by Gasteiger charge is 2.43. The van der Waals surface area contributed by atoms with Gasteiger partial charge in [0.05, 0.1) is 30.1 Å². The Morgan fingerprint density at radius 1 is 1.05 bits per heavy atom. The molecule has 3 aromatic rings. The van der Waals surface area contributed by atoms with Crippen molar-refractivity contribution in [1.29, 1.82) is 0 Å². The maximum absolute atomic E-state index is 14.1. The first-order chi connectivity index (χ1) is 20.7. The number of para-hydroxylation sites is 1. The Morgan fingerprint density at radius 2 is 1.77 bits per heavy atom. The minimum absolute atomic E-state index is 0.106. The molecule has 0 aromatic heterocycles. The molecule has 2 aliphatic heterocycles. The molecule has 1 unspecified atom stereocenters. The molecule has 4 atom stereocenters. The smallest absolute Gasteiger partial charge is 0.258 e. The number of carbonyl (C=O) groups excluding carboxylic acids is 3. The maximum Gasteiger partial charge on any atom is 0.258 e. The molecule has 0 bridgehead atoms. The van der Waals surface area contributed by atoms with Crippen molar-refractivity contribution in [2.45, 2.75) is 60.9 Å². The summed E-state index contributed by atoms with van der Waals surface area (Å²) in [6.45, 7) is 3.67. The van der Waals surface area contributed by atoms with Crippen LogP contribution in [0.15, 0.2) is 82.6 Å². The van der Waals surface area contributed by atoms with Gasteiger partial charge in [0, 0.05) is 15.9 Å². The van der Waals surface area contributed by atoms with Crippen LogP contribution in [-0.4, -0.2) is 59.3 Å². The number of hydrogen-bond acceptors (Lipinski definition) is 9. The Kier molecular flexibility index (Phi) is 9.66. The molecule has 2 aliphatic rings. The SMILES string of the molecule is CC(C)C[C@H](N)C(=O)N(C(=O)[C@@H](NC(=O)COc1ccc2c(c1)Nc1ccccc1S2)c1ccccc1)[C@H]1CCOC1O. The van der Waals surface area contributed by atoms with Crippen LogP contribution in [0.4, 0.5) is 11.4 Å². The molecule has 10 nitrogen and oxygen atoms in total. The van der Waals surface area contributed by atoms with Crippen molar-refractivity contribution in [1.82, 2.24) is 10.2 Å². The number of carbonyl (C=O) groups is 3. The molecule has 1 fully saturated rings. The molecule has 3 aromatic carbocycles. The fourth-order valence-corrected chi connectivity index (χ4v) is 6.14. The highest BCUT2D eigenvalue weighted by molar-refractivity contribution is 7.99. The Bertz CT molecular complexity index is 1470. The van der Waals surface area contributed by atoms with Gasteiger partial charge in [0.25, 0.3) is 11.8 Å². The number of aliphatic hydroxyl groups is 1. The van der Waals surface area contributed by atoms with E-state index in [1.807, 2.05) is 50.2 Å².